The van der Waals surface area contributed by atoms with Crippen LogP contribution in [-0.2, 0) is 15.6 Å². The minimum Gasteiger partial charge on any atom is -0.423 e. The Morgan fingerprint density at radius 2 is 2.00 bits per heavy atom. The molecule has 8 heteroatoms. The van der Waals surface area contributed by atoms with Crippen molar-refractivity contribution in [3.8, 4) is 0 Å². The van der Waals surface area contributed by atoms with Crippen LogP contribution in [0.2, 0.25) is 0 Å². The summed E-state index contributed by atoms with van der Waals surface area (Å²) in [6.07, 6.45) is 1.16. The molecule has 1 aromatic rings. The van der Waals surface area contributed by atoms with Gasteiger partial charge < -0.3 is 10.0 Å². The number of benzene rings is 1. The van der Waals surface area contributed by atoms with Crippen molar-refractivity contribution in [2.45, 2.75) is 5.75 Å². The van der Waals surface area contributed by atoms with Gasteiger partial charge >= 0.3 is 7.12 Å². The highest BCUT2D eigenvalue weighted by Crippen LogP contribution is 2.13. The summed E-state index contributed by atoms with van der Waals surface area (Å²) in [5, 5.41) is 17.9. The summed E-state index contributed by atoms with van der Waals surface area (Å²) in [4.78, 5) is 0. The van der Waals surface area contributed by atoms with Crippen LogP contribution in [0.25, 0.3) is 0 Å². The van der Waals surface area contributed by atoms with Crippen LogP contribution < -0.4 is 5.46 Å². The van der Waals surface area contributed by atoms with Crippen LogP contribution in [0.4, 0.5) is 4.39 Å². The monoisotopic (exact) mass is 292 g/mol. The molecule has 0 heterocycles. The topological polar surface area (TPSA) is 74.6 Å². The van der Waals surface area contributed by atoms with Gasteiger partial charge in [0, 0.05) is 17.8 Å². The molecule has 0 spiro atoms. The van der Waals surface area contributed by atoms with Crippen molar-refractivity contribution in [1.29, 1.82) is 0 Å². The van der Waals surface area contributed by atoms with E-state index in [2.05, 4.69) is 0 Å². The van der Waals surface area contributed by atoms with E-state index in [-0.39, 0.29) is 11.2 Å². The van der Waals surface area contributed by atoms with Gasteiger partial charge in [-0.1, -0.05) is 6.07 Å². The molecule has 1 aromatic carbocycles. The van der Waals surface area contributed by atoms with E-state index in [1.807, 2.05) is 0 Å². The molecule has 18 heavy (non-hydrogen) atoms. The van der Waals surface area contributed by atoms with Gasteiger partial charge in [-0.3, -0.25) is 0 Å². The average molecular weight is 292 g/mol. The predicted molar refractivity (Wildman–Crippen MR) is 72.1 cm³/mol. The van der Waals surface area contributed by atoms with Crippen LogP contribution >= 0.6 is 11.8 Å². The fourth-order valence-corrected chi connectivity index (χ4v) is 3.54. The molecule has 0 aliphatic carbocycles. The van der Waals surface area contributed by atoms with Crippen molar-refractivity contribution >= 4 is 34.2 Å². The van der Waals surface area contributed by atoms with Crippen LogP contribution in [0.3, 0.4) is 0 Å². The number of hydrogen-bond donors (Lipinski definition) is 2. The number of rotatable bonds is 6. The van der Waals surface area contributed by atoms with Gasteiger partial charge in [-0.25, -0.2) is 12.8 Å². The van der Waals surface area contributed by atoms with Gasteiger partial charge in [0.15, 0.2) is 0 Å². The van der Waals surface area contributed by atoms with Crippen molar-refractivity contribution in [3.05, 3.63) is 29.6 Å². The highest BCUT2D eigenvalue weighted by Gasteiger charge is 2.13. The molecule has 0 aliphatic heterocycles. The highest BCUT2D eigenvalue weighted by atomic mass is 32.2. The molecule has 0 saturated heterocycles. The molecule has 0 bridgehead atoms. The van der Waals surface area contributed by atoms with E-state index >= 15 is 0 Å². The molecule has 0 aromatic heterocycles. The fraction of sp³-hybridized carbons (Fsp3) is 0.400. The minimum atomic E-state index is -2.98. The van der Waals surface area contributed by atoms with Crippen LogP contribution in [0.5, 0.6) is 0 Å². The third-order valence-corrected chi connectivity index (χ3v) is 4.38. The maximum absolute atomic E-state index is 13.2. The third-order valence-electron chi connectivity index (χ3n) is 2.15. The van der Waals surface area contributed by atoms with E-state index in [1.165, 1.54) is 23.9 Å². The Balaban J connectivity index is 2.57. The van der Waals surface area contributed by atoms with Crippen molar-refractivity contribution in [1.82, 2.24) is 0 Å². The van der Waals surface area contributed by atoms with Crippen molar-refractivity contribution in [2.75, 3.05) is 17.8 Å². The normalized spacial score (nSPS) is 11.6. The Labute approximate surface area is 110 Å². The lowest BCUT2D eigenvalue weighted by molar-refractivity contribution is 0.425. The van der Waals surface area contributed by atoms with Crippen molar-refractivity contribution in [2.24, 2.45) is 0 Å². The second-order valence-corrected chi connectivity index (χ2v) is 7.31. The molecule has 0 radical (unpaired) electrons. The van der Waals surface area contributed by atoms with Crippen molar-refractivity contribution in [3.63, 3.8) is 0 Å². The van der Waals surface area contributed by atoms with Crippen LogP contribution in [-0.4, -0.2) is 43.3 Å². The zero-order chi connectivity index (χ0) is 13.8. The number of thioether (sulfide) groups is 1. The largest absolute Gasteiger partial charge is 0.488 e. The van der Waals surface area contributed by atoms with Gasteiger partial charge in [-0.05, 0) is 23.2 Å². The molecule has 1 rings (SSSR count). The Morgan fingerprint density at radius 1 is 1.33 bits per heavy atom. The number of hydrogen-bond acceptors (Lipinski definition) is 5. The first-order chi connectivity index (χ1) is 8.28. The van der Waals surface area contributed by atoms with Crippen molar-refractivity contribution < 1.29 is 22.9 Å². The van der Waals surface area contributed by atoms with E-state index in [1.54, 1.807) is 0 Å². The summed E-state index contributed by atoms with van der Waals surface area (Å²) >= 11 is 1.35. The lowest BCUT2D eigenvalue weighted by atomic mass is 9.79. The smallest absolute Gasteiger partial charge is 0.423 e. The average Bonchev–Trinajstić information content (AvgIpc) is 2.22. The molecular weight excluding hydrogens is 278 g/mol. The van der Waals surface area contributed by atoms with Crippen LogP contribution in [0, 0.1) is 5.82 Å². The molecule has 0 fully saturated rings. The van der Waals surface area contributed by atoms with E-state index < -0.39 is 22.8 Å². The van der Waals surface area contributed by atoms with Crippen LogP contribution in [0.15, 0.2) is 18.2 Å². The SMILES string of the molecule is CS(=O)(=O)CCSCc1cc(F)cc(B(O)O)c1. The highest BCUT2D eigenvalue weighted by molar-refractivity contribution is 7.99. The molecule has 0 atom stereocenters. The fourth-order valence-electron chi connectivity index (χ4n) is 1.31. The zero-order valence-electron chi connectivity index (χ0n) is 9.84. The molecule has 0 aliphatic rings. The first kappa shape index (κ1) is 15.5. The molecule has 4 nitrogen and oxygen atoms in total. The Hall–Kier alpha value is -0.565. The first-order valence-electron chi connectivity index (χ1n) is 5.19. The maximum Gasteiger partial charge on any atom is 0.488 e. The summed E-state index contributed by atoms with van der Waals surface area (Å²) in [7, 11) is -4.69. The van der Waals surface area contributed by atoms with E-state index in [4.69, 9.17) is 10.0 Å². The van der Waals surface area contributed by atoms with Crippen LogP contribution in [0.1, 0.15) is 5.56 Å². The lowest BCUT2D eigenvalue weighted by Gasteiger charge is -2.05. The first-order valence-corrected chi connectivity index (χ1v) is 8.40. The van der Waals surface area contributed by atoms with Gasteiger partial charge in [0.05, 0.1) is 5.75 Å². The van der Waals surface area contributed by atoms with E-state index in [0.29, 0.717) is 17.1 Å². The molecule has 0 unspecified atom stereocenters. The van der Waals surface area contributed by atoms with Gasteiger partial charge in [-0.15, -0.1) is 0 Å². The Kier molecular flexibility index (Phi) is 5.64. The van der Waals surface area contributed by atoms with Gasteiger partial charge in [0.1, 0.15) is 15.7 Å². The second-order valence-electron chi connectivity index (χ2n) is 3.95. The quantitative estimate of drug-likeness (QED) is 0.560. The molecule has 2 N–H and O–H groups in total. The lowest BCUT2D eigenvalue weighted by Crippen LogP contribution is -2.30. The van der Waals surface area contributed by atoms with Gasteiger partial charge in [0.25, 0.3) is 0 Å². The summed E-state index contributed by atoms with van der Waals surface area (Å²) in [6, 6.07) is 3.83. The number of halogens is 1. The second kappa shape index (κ2) is 6.56. The summed E-state index contributed by atoms with van der Waals surface area (Å²) in [5.41, 5.74) is 0.685. The standard InChI is InChI=1S/C10H14BFO4S2/c1-18(15,16)3-2-17-7-8-4-9(11(13)14)6-10(12)5-8/h4-6,13-14H,2-3,7H2,1H3. The Morgan fingerprint density at radius 3 is 2.56 bits per heavy atom. The molecule has 100 valence electrons. The van der Waals surface area contributed by atoms with Gasteiger partial charge in [0.2, 0.25) is 0 Å². The molecule has 0 saturated carbocycles. The van der Waals surface area contributed by atoms with E-state index in [9.17, 15) is 12.8 Å². The maximum atomic E-state index is 13.2. The number of sulfone groups is 1. The zero-order valence-corrected chi connectivity index (χ0v) is 11.5. The summed E-state index contributed by atoms with van der Waals surface area (Å²) in [5.74, 6) is 0.376. The van der Waals surface area contributed by atoms with Gasteiger partial charge in [-0.2, -0.15) is 11.8 Å². The third kappa shape index (κ3) is 5.86. The Bertz CT molecular complexity index is 505. The minimum absolute atomic E-state index is 0.0719. The predicted octanol–water partition coefficient (Wildman–Crippen LogP) is -0.217. The summed E-state index contributed by atoms with van der Waals surface area (Å²) < 4.78 is 35.0. The summed E-state index contributed by atoms with van der Waals surface area (Å²) in [6.45, 7) is 0. The molecule has 0 amide bonds. The van der Waals surface area contributed by atoms with E-state index in [0.717, 1.165) is 12.3 Å². The molecular formula is C10H14BFO4S2.